The van der Waals surface area contributed by atoms with Gasteiger partial charge in [-0.05, 0) is 242 Å². The third-order valence-corrected chi connectivity index (χ3v) is 30.3. The first kappa shape index (κ1) is 76.9. The van der Waals surface area contributed by atoms with Gasteiger partial charge in [0.15, 0.2) is 0 Å². The highest BCUT2D eigenvalue weighted by molar-refractivity contribution is 7.24. The van der Waals surface area contributed by atoms with Gasteiger partial charge in [-0.3, -0.25) is 0 Å². The highest BCUT2D eigenvalue weighted by Crippen LogP contribution is 2.48. The van der Waals surface area contributed by atoms with Crippen molar-refractivity contribution in [1.29, 1.82) is 0 Å². The predicted octanol–water partition coefficient (Wildman–Crippen LogP) is 32.6. The number of benzene rings is 4. The van der Waals surface area contributed by atoms with Crippen LogP contribution < -0.4 is 0 Å². The van der Waals surface area contributed by atoms with E-state index in [-0.39, 0.29) is 0 Å². The summed E-state index contributed by atoms with van der Waals surface area (Å²) < 4.78 is 12.0. The van der Waals surface area contributed by atoms with Crippen molar-refractivity contribution in [3.05, 3.63) is 133 Å². The van der Waals surface area contributed by atoms with Crippen molar-refractivity contribution in [3.8, 4) is 35.5 Å². The topological polar surface area (TPSA) is 0 Å². The first-order valence-electron chi connectivity index (χ1n) is 40.8. The molecule has 0 nitrogen and oxygen atoms in total. The first-order valence-corrected chi connectivity index (χ1v) is 47.4. The molecule has 0 N–H and O–H groups in total. The molecule has 0 aliphatic carbocycles. The number of aryl methyl sites for hydroxylation is 8. The molecule has 0 saturated carbocycles. The van der Waals surface area contributed by atoms with Crippen molar-refractivity contribution in [3.63, 3.8) is 0 Å². The van der Waals surface area contributed by atoms with Gasteiger partial charge in [-0.1, -0.05) is 209 Å². The lowest BCUT2D eigenvalue weighted by Gasteiger charge is -2.13. The molecule has 12 aromatic rings. The second kappa shape index (κ2) is 39.2. The van der Waals surface area contributed by atoms with Crippen LogP contribution in [-0.2, 0) is 51.4 Å². The van der Waals surface area contributed by atoms with Crippen LogP contribution in [0.2, 0.25) is 0 Å². The molecule has 0 radical (unpaired) electrons. The molecule has 8 heteroatoms. The van der Waals surface area contributed by atoms with Crippen LogP contribution in [0.15, 0.2) is 59.3 Å². The Labute approximate surface area is 646 Å². The van der Waals surface area contributed by atoms with Crippen molar-refractivity contribution in [2.75, 3.05) is 0 Å². The highest BCUT2D eigenvalue weighted by Gasteiger charge is 2.24. The van der Waals surface area contributed by atoms with Gasteiger partial charge in [0, 0.05) is 80.7 Å². The minimum absolute atomic E-state index is 1.13. The van der Waals surface area contributed by atoms with Gasteiger partial charge in [0.2, 0.25) is 0 Å². The van der Waals surface area contributed by atoms with Gasteiger partial charge in [0.1, 0.15) is 0 Å². The fourth-order valence-electron chi connectivity index (χ4n) is 16.2. The van der Waals surface area contributed by atoms with Crippen LogP contribution in [0.3, 0.4) is 0 Å². The first-order chi connectivity index (χ1) is 50.3. The standard InChI is InChI=1S/C94H114S8/c1-9-17-25-33-41-71-73(43-35-27-19-11-3)89-81(79-55-57-95-87(71)79)59-65(97-89)49-51-67-61-83-85-63-69(101-93(85)77(47-39-31-23-15-7)75(91(83)99-67)45-37-29-21-13-5)53-54-70-64-86-84-62-68(100-92(84)76(46-38-30-22-14-6)78(94(86)102-70)48-40-32-24-16-8)52-50-66-60-82-80-56-58-96-88(80)72(42-34-26-18-10-2)74(90(82)98-66)44-36-28-20-12-4/h55-64H,9-48H2,1-8H3. The number of rotatable bonds is 40. The largest absolute Gasteiger partial charge is 0.143 e. The quantitative estimate of drug-likeness (QED) is 0.0265. The Kier molecular flexibility index (Phi) is 29.5. The molecule has 0 amide bonds. The lowest BCUT2D eigenvalue weighted by atomic mass is 9.93. The average molecular weight is 1500 g/mol. The van der Waals surface area contributed by atoms with Crippen LogP contribution in [0.5, 0.6) is 0 Å². The Hall–Kier alpha value is -4.76. The van der Waals surface area contributed by atoms with E-state index in [4.69, 9.17) is 0 Å². The van der Waals surface area contributed by atoms with E-state index in [0.29, 0.717) is 0 Å². The van der Waals surface area contributed by atoms with E-state index in [2.05, 4.69) is 150 Å². The molecular formula is C94H114S8. The van der Waals surface area contributed by atoms with Crippen molar-refractivity contribution >= 4 is 171 Å². The molecule has 102 heavy (non-hydrogen) atoms. The van der Waals surface area contributed by atoms with Crippen LogP contribution in [0.25, 0.3) is 80.7 Å². The molecule has 0 unspecified atom stereocenters. The molecule has 12 rings (SSSR count). The second-order valence-electron chi connectivity index (χ2n) is 29.5. The lowest BCUT2D eigenvalue weighted by molar-refractivity contribution is 0.654. The lowest BCUT2D eigenvalue weighted by Crippen LogP contribution is -1.97. The minimum Gasteiger partial charge on any atom is -0.143 e. The molecule has 8 heterocycles. The molecule has 0 bridgehead atoms. The molecule has 0 aliphatic rings. The van der Waals surface area contributed by atoms with E-state index in [0.717, 1.165) is 25.7 Å². The van der Waals surface area contributed by atoms with Gasteiger partial charge in [-0.25, -0.2) is 0 Å². The Bertz CT molecular complexity index is 4620. The summed E-state index contributed by atoms with van der Waals surface area (Å²) in [6.07, 6.45) is 50.2. The van der Waals surface area contributed by atoms with Gasteiger partial charge in [0.05, 0.1) is 29.3 Å². The second-order valence-corrected chi connectivity index (χ2v) is 37.7. The number of unbranched alkanes of at least 4 members (excludes halogenated alkanes) is 24. The monoisotopic (exact) mass is 1500 g/mol. The minimum atomic E-state index is 1.13. The summed E-state index contributed by atoms with van der Waals surface area (Å²) in [7, 11) is 0. The zero-order valence-corrected chi connectivity index (χ0v) is 69.9. The van der Waals surface area contributed by atoms with Gasteiger partial charge in [-0.15, -0.1) is 90.7 Å². The Morgan fingerprint density at radius 3 is 0.539 bits per heavy atom. The molecule has 0 spiro atoms. The van der Waals surface area contributed by atoms with Crippen LogP contribution >= 0.6 is 90.7 Å². The molecule has 0 saturated heterocycles. The third-order valence-electron chi connectivity index (χ3n) is 21.7. The zero-order valence-electron chi connectivity index (χ0n) is 63.3. The summed E-state index contributed by atoms with van der Waals surface area (Å²) in [5.74, 6) is 23.2. The molecule has 0 atom stereocenters. The van der Waals surface area contributed by atoms with Gasteiger partial charge < -0.3 is 0 Å². The van der Waals surface area contributed by atoms with Crippen molar-refractivity contribution in [1.82, 2.24) is 0 Å². The van der Waals surface area contributed by atoms with Crippen molar-refractivity contribution in [2.24, 2.45) is 0 Å². The zero-order chi connectivity index (χ0) is 70.6. The molecule has 8 aromatic heterocycles. The number of thiophene rings is 8. The fraction of sp³-hybridized carbons (Fsp3) is 0.511. The molecule has 0 fully saturated rings. The molecule has 4 aromatic carbocycles. The van der Waals surface area contributed by atoms with Gasteiger partial charge >= 0.3 is 0 Å². The predicted molar refractivity (Wildman–Crippen MR) is 470 cm³/mol. The maximum Gasteiger partial charge on any atom is 0.0785 e. The highest BCUT2D eigenvalue weighted by atomic mass is 32.1. The summed E-state index contributed by atoms with van der Waals surface area (Å²) >= 11 is 15.8. The van der Waals surface area contributed by atoms with Gasteiger partial charge in [-0.2, -0.15) is 0 Å². The number of hydrogen-bond donors (Lipinski definition) is 0. The van der Waals surface area contributed by atoms with E-state index < -0.39 is 0 Å². The Balaban J connectivity index is 0.941. The smallest absolute Gasteiger partial charge is 0.0785 e. The SMILES string of the molecule is CCCCCCc1c(CCCCCC)c2sc(C#Cc3cc4c(s3)c(CCCCCC)c(CCCCCC)c3sc(C#Cc5cc6c(s5)c(CCCCCC)c(CCCCCC)c5sc(C#Cc7cc8c(s7)c(CCCCCC)c(CCCCCC)c7sccc78)cc56)cc34)cc2c2ccsc12. The summed E-state index contributed by atoms with van der Waals surface area (Å²) in [5, 5.41) is 16.0. The summed E-state index contributed by atoms with van der Waals surface area (Å²) in [6, 6.07) is 19.6. The summed E-state index contributed by atoms with van der Waals surface area (Å²) in [5.41, 5.74) is 12.9. The summed E-state index contributed by atoms with van der Waals surface area (Å²) in [6.45, 7) is 18.7. The Morgan fingerprint density at radius 1 is 0.196 bits per heavy atom. The van der Waals surface area contributed by atoms with Crippen molar-refractivity contribution < 1.29 is 0 Å². The normalized spacial score (nSPS) is 11.9. The fourth-order valence-corrected chi connectivity index (χ4v) is 25.0. The molecule has 538 valence electrons. The third kappa shape index (κ3) is 18.4. The van der Waals surface area contributed by atoms with Crippen LogP contribution in [0, 0.1) is 35.5 Å². The summed E-state index contributed by atoms with van der Waals surface area (Å²) in [4.78, 5) is 7.16. The maximum absolute atomic E-state index is 3.91. The van der Waals surface area contributed by atoms with E-state index in [9.17, 15) is 0 Å². The van der Waals surface area contributed by atoms with E-state index in [1.165, 1.54) is 341 Å². The van der Waals surface area contributed by atoms with Crippen LogP contribution in [0.1, 0.15) is 335 Å². The Morgan fingerprint density at radius 2 is 0.363 bits per heavy atom. The number of fused-ring (bicyclic) bond motifs is 12. The van der Waals surface area contributed by atoms with Crippen molar-refractivity contribution in [2.45, 2.75) is 312 Å². The average Bonchev–Trinajstić information content (AvgIpc) is 1.60. The van der Waals surface area contributed by atoms with Crippen LogP contribution in [-0.4, -0.2) is 0 Å². The van der Waals surface area contributed by atoms with Gasteiger partial charge in [0.25, 0.3) is 0 Å². The molecular weight excluding hydrogens is 1390 g/mol. The van der Waals surface area contributed by atoms with Crippen LogP contribution in [0.4, 0.5) is 0 Å². The van der Waals surface area contributed by atoms with E-state index in [1.54, 1.807) is 44.5 Å². The molecule has 0 aliphatic heterocycles. The van der Waals surface area contributed by atoms with E-state index >= 15 is 0 Å². The maximum atomic E-state index is 3.91. The van der Waals surface area contributed by atoms with E-state index in [1.807, 2.05) is 90.7 Å². The number of hydrogen-bond acceptors (Lipinski definition) is 8.